The van der Waals surface area contributed by atoms with Crippen molar-refractivity contribution in [2.45, 2.75) is 39.3 Å². The van der Waals surface area contributed by atoms with E-state index in [-0.39, 0.29) is 11.1 Å². The molecule has 1 aliphatic heterocycles. The Morgan fingerprint density at radius 2 is 1.90 bits per heavy atom. The largest absolute Gasteiger partial charge is 0.497 e. The highest BCUT2D eigenvalue weighted by Gasteiger charge is 2.25. The summed E-state index contributed by atoms with van der Waals surface area (Å²) in [7, 11) is 1.69. The Kier molecular flexibility index (Phi) is 5.27. The molecule has 8 nitrogen and oxygen atoms in total. The first kappa shape index (κ1) is 20.4. The van der Waals surface area contributed by atoms with E-state index in [0.717, 1.165) is 31.9 Å². The molecule has 1 aromatic carbocycles. The molecule has 0 aliphatic carbocycles. The van der Waals surface area contributed by atoms with Gasteiger partial charge in [0, 0.05) is 32.2 Å². The number of anilines is 1. The molecule has 1 atom stereocenters. The van der Waals surface area contributed by atoms with Crippen molar-refractivity contribution in [3.8, 4) is 5.75 Å². The molecule has 3 aromatic rings. The van der Waals surface area contributed by atoms with E-state index in [0.29, 0.717) is 23.0 Å². The van der Waals surface area contributed by atoms with Gasteiger partial charge in [0.1, 0.15) is 11.1 Å². The minimum absolute atomic E-state index is 0.141. The van der Waals surface area contributed by atoms with Gasteiger partial charge in [0.2, 0.25) is 5.95 Å². The van der Waals surface area contributed by atoms with Crippen molar-refractivity contribution in [2.24, 2.45) is 0 Å². The number of nitrogens with zero attached hydrogens (tertiary/aromatic N) is 5. The number of methoxy groups -OCH3 is 1. The second kappa shape index (κ2) is 7.75. The van der Waals surface area contributed by atoms with E-state index < -0.39 is 0 Å². The number of H-pyrrole nitrogens is 1. The molecule has 0 spiro atoms. The number of benzene rings is 1. The summed E-state index contributed by atoms with van der Waals surface area (Å²) in [6.45, 7) is 11.8. The van der Waals surface area contributed by atoms with Crippen LogP contribution in [0.5, 0.6) is 5.75 Å². The Balaban J connectivity index is 1.52. The van der Waals surface area contributed by atoms with E-state index in [9.17, 15) is 4.79 Å². The van der Waals surface area contributed by atoms with Crippen molar-refractivity contribution in [2.75, 3.05) is 38.2 Å². The normalized spacial score (nSPS) is 16.8. The SMILES string of the molecule is COc1cccc(C(C)N2CCN(c3nc4c(cnn4C(C)(C)C)c(=O)[nH]3)CC2)c1. The molecule has 30 heavy (non-hydrogen) atoms. The molecule has 0 saturated carbocycles. The fourth-order valence-corrected chi connectivity index (χ4v) is 3.98. The predicted octanol–water partition coefficient (Wildman–Crippen LogP) is 2.77. The van der Waals surface area contributed by atoms with Crippen LogP contribution in [0.4, 0.5) is 5.95 Å². The number of ether oxygens (including phenoxy) is 1. The Hall–Kier alpha value is -2.87. The molecule has 1 saturated heterocycles. The van der Waals surface area contributed by atoms with Crippen LogP contribution in [0.15, 0.2) is 35.3 Å². The zero-order valence-corrected chi connectivity index (χ0v) is 18.3. The first-order valence-electron chi connectivity index (χ1n) is 10.4. The summed E-state index contributed by atoms with van der Waals surface area (Å²) in [5, 5.41) is 4.92. The molecule has 2 aromatic heterocycles. The summed E-state index contributed by atoms with van der Waals surface area (Å²) < 4.78 is 7.19. The van der Waals surface area contributed by atoms with Gasteiger partial charge in [-0.15, -0.1) is 0 Å². The number of nitrogens with one attached hydrogen (secondary N) is 1. The van der Waals surface area contributed by atoms with E-state index in [2.05, 4.69) is 59.7 Å². The maximum absolute atomic E-state index is 12.6. The van der Waals surface area contributed by atoms with Crippen LogP contribution in [-0.4, -0.2) is 57.9 Å². The summed E-state index contributed by atoms with van der Waals surface area (Å²) in [4.78, 5) is 24.9. The van der Waals surface area contributed by atoms with Crippen LogP contribution in [0.25, 0.3) is 11.0 Å². The van der Waals surface area contributed by atoms with Gasteiger partial charge in [0.25, 0.3) is 5.56 Å². The minimum Gasteiger partial charge on any atom is -0.497 e. The molecule has 3 heterocycles. The third-order valence-corrected chi connectivity index (χ3v) is 5.80. The standard InChI is InChI=1S/C22H30N6O2/c1-15(16-7-6-8-17(13-16)30-5)26-9-11-27(12-10-26)21-24-19-18(20(29)25-21)14-23-28(19)22(2,3)4/h6-8,13-15H,9-12H2,1-5H3,(H,24,25,29). The Morgan fingerprint density at radius 1 is 1.17 bits per heavy atom. The molecule has 0 amide bonds. The third-order valence-electron chi connectivity index (χ3n) is 5.80. The number of fused-ring (bicyclic) bond motifs is 1. The van der Waals surface area contributed by atoms with Crippen molar-refractivity contribution in [3.05, 3.63) is 46.4 Å². The van der Waals surface area contributed by atoms with Crippen LogP contribution in [-0.2, 0) is 5.54 Å². The number of hydrogen-bond acceptors (Lipinski definition) is 6. The number of aromatic nitrogens is 4. The highest BCUT2D eigenvalue weighted by Crippen LogP contribution is 2.26. The summed E-state index contributed by atoms with van der Waals surface area (Å²) in [6.07, 6.45) is 1.60. The zero-order valence-electron chi connectivity index (χ0n) is 18.3. The summed E-state index contributed by atoms with van der Waals surface area (Å²) in [6, 6.07) is 8.52. The second-order valence-corrected chi connectivity index (χ2v) is 8.83. The predicted molar refractivity (Wildman–Crippen MR) is 118 cm³/mol. The van der Waals surface area contributed by atoms with Crippen LogP contribution >= 0.6 is 0 Å². The van der Waals surface area contributed by atoms with Gasteiger partial charge in [-0.05, 0) is 45.4 Å². The molecule has 1 N–H and O–H groups in total. The van der Waals surface area contributed by atoms with Gasteiger partial charge in [-0.3, -0.25) is 14.7 Å². The quantitative estimate of drug-likeness (QED) is 0.713. The van der Waals surface area contributed by atoms with Crippen LogP contribution in [0.1, 0.15) is 39.3 Å². The fourth-order valence-electron chi connectivity index (χ4n) is 3.98. The van der Waals surface area contributed by atoms with Gasteiger partial charge in [0.05, 0.1) is 18.8 Å². The van der Waals surface area contributed by atoms with Gasteiger partial charge in [0.15, 0.2) is 5.65 Å². The van der Waals surface area contributed by atoms with Gasteiger partial charge in [-0.2, -0.15) is 10.1 Å². The number of aromatic amines is 1. The summed E-state index contributed by atoms with van der Waals surface area (Å²) in [5.41, 5.74) is 1.49. The van der Waals surface area contributed by atoms with Crippen molar-refractivity contribution in [1.82, 2.24) is 24.6 Å². The second-order valence-electron chi connectivity index (χ2n) is 8.83. The minimum atomic E-state index is -0.245. The molecule has 0 bridgehead atoms. The van der Waals surface area contributed by atoms with Gasteiger partial charge < -0.3 is 9.64 Å². The maximum atomic E-state index is 12.6. The Morgan fingerprint density at radius 3 is 2.57 bits per heavy atom. The molecular formula is C22H30N6O2. The average molecular weight is 411 g/mol. The lowest BCUT2D eigenvalue weighted by Gasteiger charge is -2.38. The molecule has 1 aliphatic rings. The van der Waals surface area contributed by atoms with Gasteiger partial charge in [-0.25, -0.2) is 4.68 Å². The molecule has 8 heteroatoms. The van der Waals surface area contributed by atoms with E-state index in [1.807, 2.05) is 16.8 Å². The van der Waals surface area contributed by atoms with Crippen LogP contribution in [0.3, 0.4) is 0 Å². The third kappa shape index (κ3) is 3.79. The molecule has 4 rings (SSSR count). The van der Waals surface area contributed by atoms with E-state index in [1.54, 1.807) is 13.3 Å². The first-order valence-corrected chi connectivity index (χ1v) is 10.4. The topological polar surface area (TPSA) is 79.3 Å². The zero-order chi connectivity index (χ0) is 21.5. The molecule has 160 valence electrons. The smallest absolute Gasteiger partial charge is 0.263 e. The Bertz CT molecular complexity index is 1090. The number of hydrogen-bond donors (Lipinski definition) is 1. The maximum Gasteiger partial charge on any atom is 0.263 e. The van der Waals surface area contributed by atoms with Gasteiger partial charge >= 0.3 is 0 Å². The lowest BCUT2D eigenvalue weighted by Crippen LogP contribution is -2.48. The number of rotatable bonds is 4. The van der Waals surface area contributed by atoms with Crippen LogP contribution in [0.2, 0.25) is 0 Å². The average Bonchev–Trinajstić information content (AvgIpc) is 3.18. The fraction of sp³-hybridized carbons (Fsp3) is 0.500. The van der Waals surface area contributed by atoms with Gasteiger partial charge in [-0.1, -0.05) is 12.1 Å². The van der Waals surface area contributed by atoms with Crippen LogP contribution < -0.4 is 15.2 Å². The summed E-state index contributed by atoms with van der Waals surface area (Å²) in [5.74, 6) is 1.50. The number of piperazine rings is 1. The lowest BCUT2D eigenvalue weighted by molar-refractivity contribution is 0.197. The van der Waals surface area contributed by atoms with E-state index >= 15 is 0 Å². The van der Waals surface area contributed by atoms with E-state index in [4.69, 9.17) is 9.72 Å². The van der Waals surface area contributed by atoms with Crippen LogP contribution in [0, 0.1) is 0 Å². The highest BCUT2D eigenvalue weighted by atomic mass is 16.5. The molecule has 1 unspecified atom stereocenters. The molecule has 1 fully saturated rings. The van der Waals surface area contributed by atoms with Crippen molar-refractivity contribution >= 4 is 17.0 Å². The highest BCUT2D eigenvalue weighted by molar-refractivity contribution is 5.74. The molecular weight excluding hydrogens is 380 g/mol. The Labute approximate surface area is 176 Å². The molecule has 0 radical (unpaired) electrons. The van der Waals surface area contributed by atoms with Crippen molar-refractivity contribution in [1.29, 1.82) is 0 Å². The van der Waals surface area contributed by atoms with Crippen molar-refractivity contribution in [3.63, 3.8) is 0 Å². The summed E-state index contributed by atoms with van der Waals surface area (Å²) >= 11 is 0. The lowest BCUT2D eigenvalue weighted by atomic mass is 10.1. The van der Waals surface area contributed by atoms with Crippen molar-refractivity contribution < 1.29 is 4.74 Å². The van der Waals surface area contributed by atoms with E-state index in [1.165, 1.54) is 5.56 Å². The monoisotopic (exact) mass is 410 g/mol. The first-order chi connectivity index (χ1) is 14.3.